The van der Waals surface area contributed by atoms with Crippen molar-refractivity contribution in [2.75, 3.05) is 26.6 Å². The van der Waals surface area contributed by atoms with Gasteiger partial charge < -0.3 is 34.3 Å². The number of nitrogens with zero attached hydrogens (tertiary/aromatic N) is 3. The predicted octanol–water partition coefficient (Wildman–Crippen LogP) is 8.53. The lowest BCUT2D eigenvalue weighted by molar-refractivity contribution is -0.150. The van der Waals surface area contributed by atoms with Crippen LogP contribution in [0, 0.1) is 17.3 Å². The molecule has 0 radical (unpaired) electrons. The van der Waals surface area contributed by atoms with E-state index in [1.807, 2.05) is 67.3 Å². The Morgan fingerprint density at radius 1 is 0.946 bits per heavy atom. The zero-order valence-electron chi connectivity index (χ0n) is 34.8. The first-order chi connectivity index (χ1) is 27.1. The van der Waals surface area contributed by atoms with Gasteiger partial charge >= 0.3 is 19.2 Å². The Morgan fingerprint density at radius 2 is 1.61 bits per heavy atom. The van der Waals surface area contributed by atoms with E-state index in [1.165, 1.54) is 43.4 Å². The first-order valence-corrected chi connectivity index (χ1v) is 21.4. The number of rotatable bonds is 14. The molecule has 2 saturated heterocycles. The third kappa shape index (κ3) is 10.6. The van der Waals surface area contributed by atoms with Crippen LogP contribution in [-0.4, -0.2) is 89.8 Å². The molecule has 3 heterocycles. The molecule has 2 N–H and O–H groups in total. The van der Waals surface area contributed by atoms with E-state index in [9.17, 15) is 14.4 Å². The van der Waals surface area contributed by atoms with E-state index >= 15 is 0 Å². The van der Waals surface area contributed by atoms with Crippen molar-refractivity contribution in [2.45, 2.75) is 143 Å². The Bertz CT molecular complexity index is 1550. The summed E-state index contributed by atoms with van der Waals surface area (Å²) in [6.45, 7) is 13.8. The summed E-state index contributed by atoms with van der Waals surface area (Å²) >= 11 is 0. The number of urea groups is 1. The molecule has 2 aromatic carbocycles. The highest BCUT2D eigenvalue weighted by Gasteiger charge is 2.62. The number of fused-ring (bicyclic) bond motifs is 1. The standard InChI is InChI=1S/C33H52BN3O5.C9H9NO2.C2H6/c1-5-6-7-8-9-10-11-18-36(22-24-14-16-26(40-4)17-15-24)32(39)37-19-12-13-28(37)31(38)35-23-34-41-29-21-25-20-27(30(29)42-34)33(25,2)3;11-9(12)10-5-7-3-1-2-4-8(7)6-10;1-2/h14-17,25,27-30H,5-13,18-23H2,1-4H3,(H,35,38);1-4H,5-6H2,(H,11,12);1-2H3/t25?,27?,28-,29?,30?;;/m0../s1. The van der Waals surface area contributed by atoms with Gasteiger partial charge in [0.1, 0.15) is 11.8 Å². The van der Waals surface area contributed by atoms with E-state index in [2.05, 4.69) is 26.1 Å². The molecule has 2 aromatic rings. The zero-order valence-corrected chi connectivity index (χ0v) is 34.8. The van der Waals surface area contributed by atoms with Crippen LogP contribution in [0.3, 0.4) is 0 Å². The lowest BCUT2D eigenvalue weighted by atomic mass is 9.47. The summed E-state index contributed by atoms with van der Waals surface area (Å²) in [5, 5.41) is 11.8. The molecular formula is C44H67BN4O7. The highest BCUT2D eigenvalue weighted by atomic mass is 16.7. The minimum absolute atomic E-state index is 0.0455. The van der Waals surface area contributed by atoms with E-state index in [4.69, 9.17) is 19.2 Å². The number of carbonyl (C=O) groups excluding carboxylic acids is 2. The van der Waals surface area contributed by atoms with Crippen molar-refractivity contribution in [3.63, 3.8) is 0 Å². The highest BCUT2D eigenvalue weighted by Crippen LogP contribution is 2.61. The van der Waals surface area contributed by atoms with Crippen molar-refractivity contribution in [3.05, 3.63) is 65.2 Å². The van der Waals surface area contributed by atoms with Crippen molar-refractivity contribution in [1.82, 2.24) is 20.0 Å². The minimum atomic E-state index is -0.841. The molecule has 2 bridgehead atoms. The zero-order chi connectivity index (χ0) is 40.2. The number of carboxylic acid groups (broad SMARTS) is 1. The summed E-state index contributed by atoms with van der Waals surface area (Å²) < 4.78 is 17.8. The topological polar surface area (TPSA) is 121 Å². The van der Waals surface area contributed by atoms with Crippen LogP contribution in [0.4, 0.5) is 9.59 Å². The first-order valence-electron chi connectivity index (χ1n) is 21.4. The van der Waals surface area contributed by atoms with Crippen LogP contribution in [0.2, 0.25) is 0 Å². The Kier molecular flexibility index (Phi) is 15.9. The fourth-order valence-electron chi connectivity index (χ4n) is 9.17. The maximum Gasteiger partial charge on any atom is 0.478 e. The number of benzene rings is 2. The summed E-state index contributed by atoms with van der Waals surface area (Å²) in [6, 6.07) is 15.2. The number of methoxy groups -OCH3 is 1. The van der Waals surface area contributed by atoms with Crippen molar-refractivity contribution in [3.8, 4) is 5.75 Å². The van der Waals surface area contributed by atoms with Crippen LogP contribution in [0.15, 0.2) is 48.5 Å². The third-order valence-corrected chi connectivity index (χ3v) is 12.7. The summed E-state index contributed by atoms with van der Waals surface area (Å²) in [7, 11) is 1.25. The van der Waals surface area contributed by atoms with Crippen molar-refractivity contribution in [2.24, 2.45) is 17.3 Å². The lowest BCUT2D eigenvalue weighted by Crippen LogP contribution is -2.59. The number of amides is 4. The summed E-state index contributed by atoms with van der Waals surface area (Å²) in [5.41, 5.74) is 3.63. The van der Waals surface area contributed by atoms with E-state index < -0.39 is 19.3 Å². The molecule has 0 spiro atoms. The molecule has 0 aromatic heterocycles. The maximum atomic E-state index is 13.9. The molecule has 6 aliphatic rings. The van der Waals surface area contributed by atoms with Gasteiger partial charge in [0, 0.05) is 32.7 Å². The molecule has 3 aliphatic heterocycles. The maximum absolute atomic E-state index is 13.9. The average molecular weight is 775 g/mol. The van der Waals surface area contributed by atoms with Crippen molar-refractivity contribution >= 4 is 25.1 Å². The molecule has 8 rings (SSSR count). The van der Waals surface area contributed by atoms with E-state index in [0.29, 0.717) is 62.8 Å². The average Bonchev–Trinajstić information content (AvgIpc) is 3.99. The minimum Gasteiger partial charge on any atom is -0.497 e. The predicted molar refractivity (Wildman–Crippen MR) is 220 cm³/mol. The van der Waals surface area contributed by atoms with Gasteiger partial charge in [0.2, 0.25) is 5.91 Å². The van der Waals surface area contributed by atoms with E-state index in [0.717, 1.165) is 48.1 Å². The number of ether oxygens (including phenoxy) is 1. The van der Waals surface area contributed by atoms with Gasteiger partial charge in [0.05, 0.1) is 25.8 Å². The highest BCUT2D eigenvalue weighted by molar-refractivity contribution is 6.45. The summed E-state index contributed by atoms with van der Waals surface area (Å²) in [5.74, 6) is 1.95. The molecule has 4 amide bonds. The fraction of sp³-hybridized carbons (Fsp3) is 0.659. The monoisotopic (exact) mass is 775 g/mol. The third-order valence-electron chi connectivity index (χ3n) is 12.7. The summed E-state index contributed by atoms with van der Waals surface area (Å²) in [6.07, 6.45) is 11.9. The Labute approximate surface area is 335 Å². The Balaban J connectivity index is 0.000000360. The molecule has 3 aliphatic carbocycles. The van der Waals surface area contributed by atoms with Gasteiger partial charge in [0.15, 0.2) is 0 Å². The molecule has 5 fully saturated rings. The quantitative estimate of drug-likeness (QED) is 0.146. The van der Waals surface area contributed by atoms with Gasteiger partial charge in [-0.05, 0) is 78.2 Å². The van der Waals surface area contributed by atoms with Crippen LogP contribution >= 0.6 is 0 Å². The number of unbranched alkanes of at least 4 members (excludes halogenated alkanes) is 6. The van der Waals surface area contributed by atoms with Crippen LogP contribution in [0.1, 0.15) is 122 Å². The first kappa shape index (κ1) is 43.4. The Hall–Kier alpha value is -3.77. The number of hydrogen-bond acceptors (Lipinski definition) is 6. The smallest absolute Gasteiger partial charge is 0.478 e. The van der Waals surface area contributed by atoms with E-state index in [-0.39, 0.29) is 24.1 Å². The molecule has 12 heteroatoms. The van der Waals surface area contributed by atoms with Crippen LogP contribution in [0.5, 0.6) is 5.75 Å². The second-order valence-electron chi connectivity index (χ2n) is 16.5. The fourth-order valence-corrected chi connectivity index (χ4v) is 9.17. The van der Waals surface area contributed by atoms with Crippen molar-refractivity contribution in [1.29, 1.82) is 0 Å². The van der Waals surface area contributed by atoms with Gasteiger partial charge in [0.25, 0.3) is 0 Å². The Morgan fingerprint density at radius 3 is 2.23 bits per heavy atom. The van der Waals surface area contributed by atoms with Crippen LogP contribution in [-0.2, 0) is 33.7 Å². The van der Waals surface area contributed by atoms with Gasteiger partial charge in [-0.2, -0.15) is 0 Å². The van der Waals surface area contributed by atoms with Crippen LogP contribution < -0.4 is 10.1 Å². The number of carbonyl (C=O) groups is 3. The molecule has 5 atom stereocenters. The normalized spacial score (nSPS) is 23.8. The molecular weight excluding hydrogens is 707 g/mol. The van der Waals surface area contributed by atoms with Gasteiger partial charge in [-0.15, -0.1) is 0 Å². The number of nitrogens with one attached hydrogen (secondary N) is 1. The van der Waals surface area contributed by atoms with Gasteiger partial charge in [-0.3, -0.25) is 9.69 Å². The van der Waals surface area contributed by atoms with Gasteiger partial charge in [-0.25, -0.2) is 9.59 Å². The number of likely N-dealkylation sites (tertiary alicyclic amines) is 1. The molecule has 3 saturated carbocycles. The van der Waals surface area contributed by atoms with Crippen LogP contribution in [0.25, 0.3) is 0 Å². The summed E-state index contributed by atoms with van der Waals surface area (Å²) in [4.78, 5) is 43.0. The lowest BCUT2D eigenvalue weighted by Gasteiger charge is -2.60. The molecule has 308 valence electrons. The molecule has 11 nitrogen and oxygen atoms in total. The molecule has 4 unspecified atom stereocenters. The van der Waals surface area contributed by atoms with E-state index in [1.54, 1.807) is 12.0 Å². The van der Waals surface area contributed by atoms with Gasteiger partial charge in [-0.1, -0.05) is 110 Å². The SMILES string of the molecule is CC.CCCCCCCCCN(Cc1ccc(OC)cc1)C(=O)N1CCC[C@H]1C(=O)NCB1OC2CC3CC(C2O1)C3(C)C.O=C(O)N1Cc2ccccc2C1. The second-order valence-corrected chi connectivity index (χ2v) is 16.5. The van der Waals surface area contributed by atoms with Crippen molar-refractivity contribution < 1.29 is 33.5 Å². The second kappa shape index (κ2) is 20.6. The molecule has 56 heavy (non-hydrogen) atoms. The largest absolute Gasteiger partial charge is 0.497 e. The number of hydrogen-bond donors (Lipinski definition) is 2.